The van der Waals surface area contributed by atoms with Gasteiger partial charge in [0.05, 0.1) is 12.5 Å². The minimum absolute atomic E-state index is 0.0208. The van der Waals surface area contributed by atoms with Crippen molar-refractivity contribution in [2.24, 2.45) is 11.8 Å². The lowest BCUT2D eigenvalue weighted by Gasteiger charge is -2.31. The van der Waals surface area contributed by atoms with E-state index >= 15 is 0 Å². The molecule has 3 aliphatic rings. The lowest BCUT2D eigenvalue weighted by molar-refractivity contribution is -0.128. The molecular formula is C23H32N4O3S. The van der Waals surface area contributed by atoms with Crippen LogP contribution in [0.1, 0.15) is 36.0 Å². The highest BCUT2D eigenvalue weighted by atomic mass is 32.2. The number of nitrogens with one attached hydrogen (secondary N) is 2. The van der Waals surface area contributed by atoms with Gasteiger partial charge in [-0.3, -0.25) is 19.3 Å². The molecule has 31 heavy (non-hydrogen) atoms. The monoisotopic (exact) mass is 444 g/mol. The van der Waals surface area contributed by atoms with Crippen LogP contribution in [0.5, 0.6) is 0 Å². The van der Waals surface area contributed by atoms with Crippen LogP contribution in [0.3, 0.4) is 0 Å². The number of thioether (sulfide) groups is 1. The Hall–Kier alpha value is -2.06. The van der Waals surface area contributed by atoms with Crippen molar-refractivity contribution in [1.29, 1.82) is 0 Å². The molecule has 3 fully saturated rings. The van der Waals surface area contributed by atoms with Crippen molar-refractivity contribution < 1.29 is 14.4 Å². The van der Waals surface area contributed by atoms with E-state index in [1.165, 1.54) is 12.8 Å². The number of hydrogen-bond acceptors (Lipinski definition) is 5. The molecule has 168 valence electrons. The van der Waals surface area contributed by atoms with Crippen molar-refractivity contribution in [3.8, 4) is 0 Å². The Morgan fingerprint density at radius 3 is 2.65 bits per heavy atom. The molecule has 1 saturated carbocycles. The predicted octanol–water partition coefficient (Wildman–Crippen LogP) is 2.05. The van der Waals surface area contributed by atoms with Crippen LogP contribution in [0.4, 0.5) is 5.69 Å². The number of nitrogens with zero attached hydrogens (tertiary/aromatic N) is 2. The van der Waals surface area contributed by atoms with Crippen LogP contribution in [0.25, 0.3) is 0 Å². The first-order chi connectivity index (χ1) is 15.1. The van der Waals surface area contributed by atoms with Crippen LogP contribution < -0.4 is 10.6 Å². The molecule has 0 aromatic heterocycles. The topological polar surface area (TPSA) is 81.8 Å². The molecule has 7 nitrogen and oxygen atoms in total. The van der Waals surface area contributed by atoms with E-state index < -0.39 is 0 Å². The van der Waals surface area contributed by atoms with Crippen LogP contribution >= 0.6 is 11.8 Å². The summed E-state index contributed by atoms with van der Waals surface area (Å²) in [4.78, 5) is 41.7. The second-order valence-electron chi connectivity index (χ2n) is 8.80. The fourth-order valence-electron chi connectivity index (χ4n) is 4.21. The zero-order valence-electron chi connectivity index (χ0n) is 18.0. The Morgan fingerprint density at radius 2 is 1.87 bits per heavy atom. The van der Waals surface area contributed by atoms with E-state index in [1.54, 1.807) is 12.1 Å². The van der Waals surface area contributed by atoms with E-state index in [4.69, 9.17) is 0 Å². The van der Waals surface area contributed by atoms with Gasteiger partial charge in [0, 0.05) is 48.9 Å². The smallest absolute Gasteiger partial charge is 0.253 e. The molecule has 2 heterocycles. The molecule has 2 N–H and O–H groups in total. The standard InChI is InChI=1S/C23H32N4O3S/c28-21(16-26-8-2-4-19(15-26)22(29)24-14-17-6-7-17)25-20-5-1-3-18(13-20)23(30)27-9-11-31-12-10-27/h1,3,5,13,17,19H,2,4,6-12,14-16H2,(H,24,29)(H,25,28). The number of carbonyl (C=O) groups excluding carboxylic acids is 3. The average Bonchev–Trinajstić information content (AvgIpc) is 3.62. The highest BCUT2D eigenvalue weighted by molar-refractivity contribution is 7.99. The molecule has 1 aromatic carbocycles. The molecule has 3 amide bonds. The number of carbonyl (C=O) groups is 3. The van der Waals surface area contributed by atoms with Gasteiger partial charge < -0.3 is 15.5 Å². The Balaban J connectivity index is 1.27. The van der Waals surface area contributed by atoms with Crippen molar-refractivity contribution in [3.63, 3.8) is 0 Å². The van der Waals surface area contributed by atoms with Gasteiger partial charge in [-0.2, -0.15) is 11.8 Å². The largest absolute Gasteiger partial charge is 0.356 e. The van der Waals surface area contributed by atoms with Crippen molar-refractivity contribution in [3.05, 3.63) is 29.8 Å². The van der Waals surface area contributed by atoms with E-state index in [-0.39, 0.29) is 30.2 Å². The normalized spacial score (nSPS) is 22.1. The summed E-state index contributed by atoms with van der Waals surface area (Å²) in [6, 6.07) is 7.18. The molecule has 1 aliphatic carbocycles. The summed E-state index contributed by atoms with van der Waals surface area (Å²) >= 11 is 1.87. The van der Waals surface area contributed by atoms with E-state index in [1.807, 2.05) is 28.8 Å². The van der Waals surface area contributed by atoms with Gasteiger partial charge in [-0.25, -0.2) is 0 Å². The first-order valence-electron chi connectivity index (χ1n) is 11.4. The SMILES string of the molecule is O=C(CN1CCCC(C(=O)NCC2CC2)C1)Nc1cccc(C(=O)N2CCSCC2)c1. The quantitative estimate of drug-likeness (QED) is 0.673. The summed E-state index contributed by atoms with van der Waals surface area (Å²) in [5.41, 5.74) is 1.24. The number of likely N-dealkylation sites (tertiary alicyclic amines) is 1. The van der Waals surface area contributed by atoms with Crippen molar-refractivity contribution in [1.82, 2.24) is 15.1 Å². The lowest BCUT2D eigenvalue weighted by atomic mass is 9.97. The number of rotatable bonds is 7. The Morgan fingerprint density at radius 1 is 1.06 bits per heavy atom. The van der Waals surface area contributed by atoms with Crippen LogP contribution in [-0.4, -0.2) is 78.3 Å². The summed E-state index contributed by atoms with van der Waals surface area (Å²) in [5, 5.41) is 5.99. The molecule has 1 unspecified atom stereocenters. The van der Waals surface area contributed by atoms with Gasteiger partial charge in [-0.05, 0) is 56.3 Å². The van der Waals surface area contributed by atoms with E-state index in [0.717, 1.165) is 50.5 Å². The zero-order valence-corrected chi connectivity index (χ0v) is 18.8. The maximum absolute atomic E-state index is 12.7. The molecule has 8 heteroatoms. The summed E-state index contributed by atoms with van der Waals surface area (Å²) < 4.78 is 0. The van der Waals surface area contributed by atoms with Gasteiger partial charge in [0.1, 0.15) is 0 Å². The Kier molecular flexibility index (Phi) is 7.50. The third-order valence-corrected chi connectivity index (χ3v) is 7.14. The Bertz CT molecular complexity index is 808. The van der Waals surface area contributed by atoms with Gasteiger partial charge in [-0.1, -0.05) is 6.07 Å². The third-order valence-electron chi connectivity index (χ3n) is 6.20. The number of piperidine rings is 1. The maximum atomic E-state index is 12.7. The molecule has 2 saturated heterocycles. The van der Waals surface area contributed by atoms with Gasteiger partial charge in [0.15, 0.2) is 0 Å². The molecule has 0 spiro atoms. The lowest BCUT2D eigenvalue weighted by Crippen LogP contribution is -2.45. The molecule has 1 aromatic rings. The molecule has 4 rings (SSSR count). The average molecular weight is 445 g/mol. The highest BCUT2D eigenvalue weighted by Gasteiger charge is 2.28. The van der Waals surface area contributed by atoms with Crippen LogP contribution in [0.2, 0.25) is 0 Å². The number of benzene rings is 1. The number of amides is 3. The van der Waals surface area contributed by atoms with Crippen molar-refractivity contribution in [2.75, 3.05) is 56.1 Å². The first-order valence-corrected chi connectivity index (χ1v) is 12.5. The van der Waals surface area contributed by atoms with Crippen LogP contribution in [0.15, 0.2) is 24.3 Å². The van der Waals surface area contributed by atoms with Gasteiger partial charge >= 0.3 is 0 Å². The number of hydrogen-bond donors (Lipinski definition) is 2. The zero-order chi connectivity index (χ0) is 21.6. The Labute approximate surface area is 188 Å². The van der Waals surface area contributed by atoms with Gasteiger partial charge in [-0.15, -0.1) is 0 Å². The van der Waals surface area contributed by atoms with Crippen LogP contribution in [-0.2, 0) is 9.59 Å². The molecule has 0 bridgehead atoms. The molecule has 0 radical (unpaired) electrons. The minimum Gasteiger partial charge on any atom is -0.356 e. The summed E-state index contributed by atoms with van der Waals surface area (Å²) in [5.74, 6) is 2.61. The first kappa shape index (κ1) is 22.1. The second kappa shape index (κ2) is 10.5. The molecular weight excluding hydrogens is 412 g/mol. The van der Waals surface area contributed by atoms with Gasteiger partial charge in [0.2, 0.25) is 11.8 Å². The molecule has 1 atom stereocenters. The fourth-order valence-corrected chi connectivity index (χ4v) is 5.11. The fraction of sp³-hybridized carbons (Fsp3) is 0.609. The summed E-state index contributed by atoms with van der Waals surface area (Å²) in [6.45, 7) is 4.03. The van der Waals surface area contributed by atoms with Crippen molar-refractivity contribution >= 4 is 35.2 Å². The van der Waals surface area contributed by atoms with E-state index in [2.05, 4.69) is 15.5 Å². The summed E-state index contributed by atoms with van der Waals surface area (Å²) in [6.07, 6.45) is 4.25. The van der Waals surface area contributed by atoms with Crippen LogP contribution in [0, 0.1) is 11.8 Å². The molecule has 2 aliphatic heterocycles. The highest BCUT2D eigenvalue weighted by Crippen LogP contribution is 2.28. The van der Waals surface area contributed by atoms with Crippen molar-refractivity contribution in [2.45, 2.75) is 25.7 Å². The minimum atomic E-state index is -0.113. The maximum Gasteiger partial charge on any atom is 0.253 e. The summed E-state index contributed by atoms with van der Waals surface area (Å²) in [7, 11) is 0. The van der Waals surface area contributed by atoms with Gasteiger partial charge in [0.25, 0.3) is 5.91 Å². The number of anilines is 1. The predicted molar refractivity (Wildman–Crippen MR) is 123 cm³/mol. The van der Waals surface area contributed by atoms with E-state index in [0.29, 0.717) is 23.7 Å². The third kappa shape index (κ3) is 6.46. The van der Waals surface area contributed by atoms with E-state index in [9.17, 15) is 14.4 Å². The second-order valence-corrected chi connectivity index (χ2v) is 10.0.